The van der Waals surface area contributed by atoms with E-state index in [0.717, 1.165) is 30.1 Å². The number of rotatable bonds is 4. The zero-order valence-electron chi connectivity index (χ0n) is 18.8. The molecule has 0 atom stereocenters. The maximum atomic E-state index is 9.41. The third-order valence-electron chi connectivity index (χ3n) is 6.13. The highest BCUT2D eigenvalue weighted by atomic mass is 16.7. The highest BCUT2D eigenvalue weighted by Gasteiger charge is 2.52. The largest absolute Gasteiger partial charge is 0.498 e. The van der Waals surface area contributed by atoms with Crippen molar-refractivity contribution in [2.24, 2.45) is 0 Å². The van der Waals surface area contributed by atoms with E-state index in [2.05, 4.69) is 16.0 Å². The summed E-state index contributed by atoms with van der Waals surface area (Å²) >= 11 is 0. The third kappa shape index (κ3) is 4.40. The van der Waals surface area contributed by atoms with E-state index in [9.17, 15) is 5.26 Å². The Kier molecular flexibility index (Phi) is 5.69. The van der Waals surface area contributed by atoms with E-state index >= 15 is 0 Å². The molecule has 162 valence electrons. The van der Waals surface area contributed by atoms with Crippen LogP contribution in [0.4, 0.5) is 5.82 Å². The van der Waals surface area contributed by atoms with Crippen molar-refractivity contribution >= 4 is 18.4 Å². The van der Waals surface area contributed by atoms with Crippen molar-refractivity contribution in [3.05, 3.63) is 41.6 Å². The van der Waals surface area contributed by atoms with E-state index < -0.39 is 18.3 Å². The van der Waals surface area contributed by atoms with Gasteiger partial charge in [0.15, 0.2) is 0 Å². The first-order valence-corrected chi connectivity index (χ1v) is 10.6. The zero-order valence-corrected chi connectivity index (χ0v) is 18.8. The van der Waals surface area contributed by atoms with Crippen LogP contribution in [0.15, 0.2) is 30.3 Å². The molecular weight excluding hydrogens is 393 g/mol. The lowest BCUT2D eigenvalue weighted by Crippen LogP contribution is -2.41. The molecule has 8 heteroatoms. The molecule has 0 N–H and O–H groups in total. The minimum absolute atomic E-state index is 0.473. The second kappa shape index (κ2) is 8.15. The van der Waals surface area contributed by atoms with Crippen molar-refractivity contribution in [2.45, 2.75) is 45.8 Å². The molecule has 0 bridgehead atoms. The standard InChI is InChI=1S/C23H28BN3O4/c1-16-12-18(14-21(26-16)27-8-10-28-11-9-27)29-20-13-17(15-25)6-7-19(20)24-30-22(2,3)23(4,5)31-24/h6-7,12-14H,8-11H2,1-5H3. The van der Waals surface area contributed by atoms with Crippen LogP contribution >= 0.6 is 0 Å². The highest BCUT2D eigenvalue weighted by Crippen LogP contribution is 2.37. The SMILES string of the molecule is Cc1cc(Oc2cc(C#N)ccc2B2OC(C)(C)C(C)(C)O2)cc(N2CCOCC2)n1. The first kappa shape index (κ1) is 21.6. The fraction of sp³-hybridized carbons (Fsp3) is 0.478. The molecule has 0 saturated carbocycles. The number of pyridine rings is 1. The number of morpholine rings is 1. The lowest BCUT2D eigenvalue weighted by Gasteiger charge is -2.32. The van der Waals surface area contributed by atoms with E-state index in [1.165, 1.54) is 0 Å². The molecule has 2 aliphatic heterocycles. The van der Waals surface area contributed by atoms with Crippen LogP contribution in [0.2, 0.25) is 0 Å². The van der Waals surface area contributed by atoms with Gasteiger partial charge in [0.1, 0.15) is 17.3 Å². The fourth-order valence-electron chi connectivity index (χ4n) is 3.62. The van der Waals surface area contributed by atoms with Gasteiger partial charge in [0.25, 0.3) is 0 Å². The summed E-state index contributed by atoms with van der Waals surface area (Å²) in [5.41, 5.74) is 1.17. The summed E-state index contributed by atoms with van der Waals surface area (Å²) < 4.78 is 24.2. The molecule has 31 heavy (non-hydrogen) atoms. The first-order chi connectivity index (χ1) is 14.7. The first-order valence-electron chi connectivity index (χ1n) is 10.6. The fourth-order valence-corrected chi connectivity index (χ4v) is 3.62. The van der Waals surface area contributed by atoms with Gasteiger partial charge in [-0.15, -0.1) is 0 Å². The maximum absolute atomic E-state index is 9.41. The van der Waals surface area contributed by atoms with Crippen LogP contribution in [-0.4, -0.2) is 49.6 Å². The van der Waals surface area contributed by atoms with Crippen molar-refractivity contribution in [3.63, 3.8) is 0 Å². The number of ether oxygens (including phenoxy) is 2. The van der Waals surface area contributed by atoms with Crippen molar-refractivity contribution in [2.75, 3.05) is 31.2 Å². The Labute approximate surface area is 184 Å². The number of nitriles is 1. The molecule has 2 saturated heterocycles. The number of hydrogen-bond donors (Lipinski definition) is 0. The van der Waals surface area contributed by atoms with Crippen LogP contribution in [-0.2, 0) is 14.0 Å². The Morgan fingerprint density at radius 1 is 1.06 bits per heavy atom. The van der Waals surface area contributed by atoms with Gasteiger partial charge in [-0.25, -0.2) is 4.98 Å². The number of anilines is 1. The summed E-state index contributed by atoms with van der Waals surface area (Å²) in [5.74, 6) is 2.05. The van der Waals surface area contributed by atoms with Crippen LogP contribution in [0.25, 0.3) is 0 Å². The molecule has 0 radical (unpaired) electrons. The van der Waals surface area contributed by atoms with Gasteiger partial charge in [0.05, 0.1) is 36.0 Å². The second-order valence-electron chi connectivity index (χ2n) is 8.96. The minimum atomic E-state index is -0.589. The van der Waals surface area contributed by atoms with Gasteiger partial charge in [-0.3, -0.25) is 0 Å². The number of hydrogen-bond acceptors (Lipinski definition) is 7. The summed E-state index contributed by atoms with van der Waals surface area (Å²) in [5, 5.41) is 9.41. The quantitative estimate of drug-likeness (QED) is 0.702. The molecule has 0 spiro atoms. The Morgan fingerprint density at radius 3 is 2.39 bits per heavy atom. The van der Waals surface area contributed by atoms with Gasteiger partial charge in [0, 0.05) is 36.4 Å². The van der Waals surface area contributed by atoms with Gasteiger partial charge in [-0.2, -0.15) is 5.26 Å². The van der Waals surface area contributed by atoms with Gasteiger partial charge >= 0.3 is 7.12 Å². The average Bonchev–Trinajstić information content (AvgIpc) is 2.95. The summed E-state index contributed by atoms with van der Waals surface area (Å²) in [4.78, 5) is 6.84. The van der Waals surface area contributed by atoms with E-state index in [1.54, 1.807) is 12.1 Å². The minimum Gasteiger partial charge on any atom is -0.457 e. The number of aromatic nitrogens is 1. The highest BCUT2D eigenvalue weighted by molar-refractivity contribution is 6.63. The van der Waals surface area contributed by atoms with Crippen LogP contribution in [0.3, 0.4) is 0 Å². The van der Waals surface area contributed by atoms with Crippen molar-refractivity contribution < 1.29 is 18.8 Å². The molecule has 1 aromatic carbocycles. The second-order valence-corrected chi connectivity index (χ2v) is 8.96. The number of aryl methyl sites for hydroxylation is 1. The molecule has 0 amide bonds. The van der Waals surface area contributed by atoms with Crippen LogP contribution in [0.5, 0.6) is 11.5 Å². The van der Waals surface area contributed by atoms with E-state index in [1.807, 2.05) is 52.8 Å². The maximum Gasteiger partial charge on any atom is 0.498 e. The molecule has 0 aliphatic carbocycles. The smallest absolute Gasteiger partial charge is 0.457 e. The number of nitrogens with zero attached hydrogens (tertiary/aromatic N) is 3. The molecule has 3 heterocycles. The molecule has 0 unspecified atom stereocenters. The summed E-state index contributed by atoms with van der Waals surface area (Å²) in [6.45, 7) is 12.9. The van der Waals surface area contributed by atoms with Crippen molar-refractivity contribution in [1.29, 1.82) is 5.26 Å². The van der Waals surface area contributed by atoms with Crippen LogP contribution < -0.4 is 15.1 Å². The van der Waals surface area contributed by atoms with Crippen LogP contribution in [0.1, 0.15) is 39.0 Å². The zero-order chi connectivity index (χ0) is 22.2. The third-order valence-corrected chi connectivity index (χ3v) is 6.13. The molecule has 7 nitrogen and oxygen atoms in total. The van der Waals surface area contributed by atoms with Crippen molar-refractivity contribution in [3.8, 4) is 17.6 Å². The normalized spacial score (nSPS) is 19.9. The van der Waals surface area contributed by atoms with Gasteiger partial charge < -0.3 is 23.7 Å². The molecule has 2 aliphatic rings. The van der Waals surface area contributed by atoms with E-state index in [4.69, 9.17) is 18.8 Å². The van der Waals surface area contributed by atoms with Crippen molar-refractivity contribution in [1.82, 2.24) is 4.98 Å². The predicted molar refractivity (Wildman–Crippen MR) is 119 cm³/mol. The Morgan fingerprint density at radius 2 is 1.74 bits per heavy atom. The van der Waals surface area contributed by atoms with E-state index in [0.29, 0.717) is 30.3 Å². The molecular formula is C23H28BN3O4. The summed E-state index contributed by atoms with van der Waals surface area (Å²) in [6.07, 6.45) is 0. The van der Waals surface area contributed by atoms with Crippen LogP contribution in [0, 0.1) is 18.3 Å². The topological polar surface area (TPSA) is 76.8 Å². The number of benzene rings is 1. The summed E-state index contributed by atoms with van der Waals surface area (Å²) in [6, 6.07) is 11.3. The molecule has 2 aromatic rings. The average molecular weight is 421 g/mol. The Bertz CT molecular complexity index is 996. The molecule has 2 fully saturated rings. The molecule has 1 aromatic heterocycles. The molecule has 4 rings (SSSR count). The lowest BCUT2D eigenvalue weighted by molar-refractivity contribution is 0.00578. The Balaban J connectivity index is 1.67. The monoisotopic (exact) mass is 421 g/mol. The lowest BCUT2D eigenvalue weighted by atomic mass is 9.78. The van der Waals surface area contributed by atoms with Gasteiger partial charge in [-0.05, 0) is 46.8 Å². The predicted octanol–water partition coefficient (Wildman–Crippen LogP) is 3.19. The summed E-state index contributed by atoms with van der Waals surface area (Å²) in [7, 11) is -0.589. The Hall–Kier alpha value is -2.60. The van der Waals surface area contributed by atoms with E-state index in [-0.39, 0.29) is 0 Å². The van der Waals surface area contributed by atoms with Gasteiger partial charge in [0.2, 0.25) is 0 Å². The van der Waals surface area contributed by atoms with Gasteiger partial charge in [-0.1, -0.05) is 6.07 Å².